The van der Waals surface area contributed by atoms with Gasteiger partial charge in [0.2, 0.25) is 5.91 Å². The highest BCUT2D eigenvalue weighted by Gasteiger charge is 2.39. The number of thioether (sulfide) groups is 1. The molecule has 34 heavy (non-hydrogen) atoms. The van der Waals surface area contributed by atoms with E-state index in [0.29, 0.717) is 5.17 Å². The number of aryl methyl sites for hydroxylation is 2. The van der Waals surface area contributed by atoms with Crippen LogP contribution in [0.15, 0.2) is 76.1 Å². The smallest absolute Gasteiger partial charge is 0.262 e. The van der Waals surface area contributed by atoms with Gasteiger partial charge in [0.25, 0.3) is 5.91 Å². The first-order valence-corrected chi connectivity index (χ1v) is 12.9. The van der Waals surface area contributed by atoms with Crippen LogP contribution in [0.2, 0.25) is 0 Å². The van der Waals surface area contributed by atoms with Crippen LogP contribution < -0.4 is 5.32 Å². The molecule has 2 atom stereocenters. The summed E-state index contributed by atoms with van der Waals surface area (Å²) in [7, 11) is 0. The van der Waals surface area contributed by atoms with Gasteiger partial charge >= 0.3 is 0 Å². The highest BCUT2D eigenvalue weighted by Crippen LogP contribution is 2.39. The molecule has 0 radical (unpaired) electrons. The Labute approximate surface area is 206 Å². The second-order valence-electron chi connectivity index (χ2n) is 8.41. The van der Waals surface area contributed by atoms with Gasteiger partial charge in [0, 0.05) is 18.5 Å². The molecule has 0 unspecified atom stereocenters. The molecule has 8 heteroatoms. The number of amidine groups is 1. The average Bonchev–Trinajstić information content (AvgIpc) is 3.57. The SMILES string of the molecule is Cc1ccc(NC(=O)C[C@H]2SC(N3N=C(c4cccs4)C[C@@H]3c3ccccc3)=NC2=O)c(C)c1. The molecular formula is C26H24N4O2S2. The molecule has 3 heterocycles. The van der Waals surface area contributed by atoms with Gasteiger partial charge in [-0.3, -0.25) is 9.59 Å². The summed E-state index contributed by atoms with van der Waals surface area (Å²) in [6, 6.07) is 20.0. The number of aliphatic imine (C=N–C) groups is 1. The zero-order valence-corrected chi connectivity index (χ0v) is 20.5. The summed E-state index contributed by atoms with van der Waals surface area (Å²) in [5.74, 6) is -0.486. The summed E-state index contributed by atoms with van der Waals surface area (Å²) in [4.78, 5) is 30.9. The minimum absolute atomic E-state index is 0.0415. The summed E-state index contributed by atoms with van der Waals surface area (Å²) >= 11 is 2.97. The zero-order chi connectivity index (χ0) is 23.7. The standard InChI is InChI=1S/C26H24N4O2S2/c1-16-10-11-19(17(2)13-16)27-24(31)15-23-25(32)28-26(34-23)30-21(18-7-4-3-5-8-18)14-20(29-30)22-9-6-12-33-22/h3-13,21,23H,14-15H2,1-2H3,(H,27,31)/t21-,23-/m1/s1. The van der Waals surface area contributed by atoms with Gasteiger partial charge in [-0.2, -0.15) is 10.1 Å². The quantitative estimate of drug-likeness (QED) is 0.512. The van der Waals surface area contributed by atoms with Crippen molar-refractivity contribution in [2.75, 3.05) is 5.32 Å². The number of nitrogens with one attached hydrogen (secondary N) is 1. The molecule has 0 saturated carbocycles. The predicted octanol–water partition coefficient (Wildman–Crippen LogP) is 5.54. The van der Waals surface area contributed by atoms with Gasteiger partial charge in [-0.05, 0) is 42.5 Å². The van der Waals surface area contributed by atoms with E-state index in [2.05, 4.69) is 28.5 Å². The Balaban J connectivity index is 1.32. The minimum Gasteiger partial charge on any atom is -0.326 e. The van der Waals surface area contributed by atoms with Crippen LogP contribution >= 0.6 is 23.1 Å². The maximum Gasteiger partial charge on any atom is 0.262 e. The number of benzene rings is 2. The molecule has 6 nitrogen and oxygen atoms in total. The first kappa shape index (κ1) is 22.6. The first-order chi connectivity index (χ1) is 16.5. The first-order valence-electron chi connectivity index (χ1n) is 11.1. The number of hydrogen-bond acceptors (Lipinski definition) is 6. The van der Waals surface area contributed by atoms with Crippen molar-refractivity contribution in [1.29, 1.82) is 0 Å². The monoisotopic (exact) mass is 488 g/mol. The number of hydrogen-bond donors (Lipinski definition) is 1. The van der Waals surface area contributed by atoms with E-state index in [1.165, 1.54) is 11.8 Å². The minimum atomic E-state index is -0.557. The summed E-state index contributed by atoms with van der Waals surface area (Å²) in [6.07, 6.45) is 0.797. The van der Waals surface area contributed by atoms with Gasteiger partial charge in [0.05, 0.1) is 16.6 Å². The maximum absolute atomic E-state index is 12.7. The van der Waals surface area contributed by atoms with E-state index in [1.54, 1.807) is 11.3 Å². The van der Waals surface area contributed by atoms with Gasteiger partial charge in [0.1, 0.15) is 5.25 Å². The number of anilines is 1. The van der Waals surface area contributed by atoms with Gasteiger partial charge in [-0.1, -0.05) is 65.9 Å². The molecule has 0 spiro atoms. The van der Waals surface area contributed by atoms with Crippen molar-refractivity contribution in [3.63, 3.8) is 0 Å². The molecule has 1 aromatic heterocycles. The van der Waals surface area contributed by atoms with Crippen molar-refractivity contribution in [2.24, 2.45) is 10.1 Å². The predicted molar refractivity (Wildman–Crippen MR) is 139 cm³/mol. The third-order valence-corrected chi connectivity index (χ3v) is 7.91. The normalized spacial score (nSPS) is 19.8. The Kier molecular flexibility index (Phi) is 6.34. The number of amides is 2. The number of hydrazone groups is 1. The molecule has 5 rings (SSSR count). The van der Waals surface area contributed by atoms with Crippen molar-refractivity contribution in [1.82, 2.24) is 5.01 Å². The molecule has 2 aliphatic rings. The average molecular weight is 489 g/mol. The third kappa shape index (κ3) is 4.69. The van der Waals surface area contributed by atoms with Crippen molar-refractivity contribution in [2.45, 2.75) is 38.0 Å². The molecule has 2 amide bonds. The van der Waals surface area contributed by atoms with E-state index in [1.807, 2.05) is 66.7 Å². The van der Waals surface area contributed by atoms with Crippen LogP contribution in [0.5, 0.6) is 0 Å². The molecule has 0 aliphatic carbocycles. The molecule has 0 bridgehead atoms. The van der Waals surface area contributed by atoms with Crippen LogP contribution in [0.3, 0.4) is 0 Å². The lowest BCUT2D eigenvalue weighted by Crippen LogP contribution is -2.25. The van der Waals surface area contributed by atoms with Gasteiger partial charge in [0.15, 0.2) is 5.17 Å². The fourth-order valence-electron chi connectivity index (χ4n) is 4.14. The van der Waals surface area contributed by atoms with Crippen molar-refractivity contribution < 1.29 is 9.59 Å². The lowest BCUT2D eigenvalue weighted by Gasteiger charge is -2.23. The third-order valence-electron chi connectivity index (χ3n) is 5.85. The Morgan fingerprint density at radius 3 is 2.68 bits per heavy atom. The lowest BCUT2D eigenvalue weighted by molar-refractivity contribution is -0.121. The van der Waals surface area contributed by atoms with Gasteiger partial charge in [-0.15, -0.1) is 11.3 Å². The largest absolute Gasteiger partial charge is 0.326 e. The molecule has 0 saturated heterocycles. The van der Waals surface area contributed by atoms with Crippen molar-refractivity contribution >= 4 is 51.5 Å². The molecule has 3 aromatic rings. The van der Waals surface area contributed by atoms with Crippen LogP contribution in [0, 0.1) is 13.8 Å². The molecule has 1 N–H and O–H groups in total. The van der Waals surface area contributed by atoms with Gasteiger partial charge in [-0.25, -0.2) is 5.01 Å². The maximum atomic E-state index is 12.7. The summed E-state index contributed by atoms with van der Waals surface area (Å²) in [5.41, 5.74) is 4.99. The summed E-state index contributed by atoms with van der Waals surface area (Å²) < 4.78 is 0. The van der Waals surface area contributed by atoms with Crippen LogP contribution in [0.25, 0.3) is 0 Å². The summed E-state index contributed by atoms with van der Waals surface area (Å²) in [6.45, 7) is 3.97. The zero-order valence-electron chi connectivity index (χ0n) is 18.9. The molecule has 2 aromatic carbocycles. The Morgan fingerprint density at radius 1 is 1.12 bits per heavy atom. The van der Waals surface area contributed by atoms with E-state index in [9.17, 15) is 9.59 Å². The second-order valence-corrected chi connectivity index (χ2v) is 10.5. The van der Waals surface area contributed by atoms with Crippen LogP contribution in [-0.4, -0.2) is 33.0 Å². The van der Waals surface area contributed by atoms with Crippen LogP contribution in [-0.2, 0) is 9.59 Å². The molecule has 0 fully saturated rings. The highest BCUT2D eigenvalue weighted by molar-refractivity contribution is 8.15. The number of thiophene rings is 1. The van der Waals surface area contributed by atoms with E-state index in [4.69, 9.17) is 5.10 Å². The van der Waals surface area contributed by atoms with Crippen molar-refractivity contribution in [3.05, 3.63) is 87.6 Å². The lowest BCUT2D eigenvalue weighted by atomic mass is 10.0. The van der Waals surface area contributed by atoms with E-state index >= 15 is 0 Å². The van der Waals surface area contributed by atoms with E-state index in [-0.39, 0.29) is 24.3 Å². The highest BCUT2D eigenvalue weighted by atomic mass is 32.2. The Hall–Kier alpha value is -3.23. The molecule has 2 aliphatic heterocycles. The van der Waals surface area contributed by atoms with E-state index < -0.39 is 5.25 Å². The number of nitrogens with zero attached hydrogens (tertiary/aromatic N) is 3. The fraction of sp³-hybridized carbons (Fsp3) is 0.231. The number of rotatable bonds is 5. The van der Waals surface area contributed by atoms with Gasteiger partial charge < -0.3 is 5.32 Å². The fourth-order valence-corrected chi connectivity index (χ4v) is 5.92. The van der Waals surface area contributed by atoms with Crippen LogP contribution in [0.1, 0.15) is 40.5 Å². The topological polar surface area (TPSA) is 74.1 Å². The number of carbonyl (C=O) groups is 2. The summed E-state index contributed by atoms with van der Waals surface area (Å²) in [5, 5.41) is 11.7. The number of carbonyl (C=O) groups excluding carboxylic acids is 2. The van der Waals surface area contributed by atoms with Crippen LogP contribution in [0.4, 0.5) is 5.69 Å². The molecular weight excluding hydrogens is 464 g/mol. The Morgan fingerprint density at radius 2 is 1.94 bits per heavy atom. The second kappa shape index (κ2) is 9.56. The van der Waals surface area contributed by atoms with Crippen molar-refractivity contribution in [3.8, 4) is 0 Å². The van der Waals surface area contributed by atoms with E-state index in [0.717, 1.165) is 39.4 Å². The Bertz CT molecular complexity index is 1290. The molecule has 172 valence electrons.